The van der Waals surface area contributed by atoms with E-state index in [0.717, 1.165) is 10.9 Å². The van der Waals surface area contributed by atoms with Crippen LogP contribution in [0.25, 0.3) is 28.0 Å². The van der Waals surface area contributed by atoms with Crippen molar-refractivity contribution in [1.29, 1.82) is 0 Å². The highest BCUT2D eigenvalue weighted by molar-refractivity contribution is 5.85. The predicted octanol–water partition coefficient (Wildman–Crippen LogP) is 2.93. The molecule has 1 atom stereocenters. The SMILES string of the molecule is Cc1noc(-c2c(N)ncnc2NC(C)c2cc3cccc(C)c3c(=O)n2-c2cc[nH]n2)n1. The van der Waals surface area contributed by atoms with Crippen molar-refractivity contribution in [2.24, 2.45) is 0 Å². The Labute approximate surface area is 187 Å². The van der Waals surface area contributed by atoms with Gasteiger partial charge >= 0.3 is 0 Å². The van der Waals surface area contributed by atoms with E-state index in [2.05, 4.69) is 35.6 Å². The van der Waals surface area contributed by atoms with Gasteiger partial charge in [-0.3, -0.25) is 14.5 Å². The van der Waals surface area contributed by atoms with Gasteiger partial charge < -0.3 is 15.6 Å². The maximum Gasteiger partial charge on any atom is 0.265 e. The van der Waals surface area contributed by atoms with Gasteiger partial charge in [0.25, 0.3) is 11.4 Å². The summed E-state index contributed by atoms with van der Waals surface area (Å²) in [6.45, 7) is 5.55. The van der Waals surface area contributed by atoms with Gasteiger partial charge in [0.05, 0.1) is 17.1 Å². The summed E-state index contributed by atoms with van der Waals surface area (Å²) in [5.41, 5.74) is 7.94. The molecule has 1 unspecified atom stereocenters. The molecule has 0 saturated heterocycles. The molecular weight excluding hydrogens is 422 g/mol. The molecule has 11 heteroatoms. The van der Waals surface area contributed by atoms with E-state index < -0.39 is 0 Å². The molecule has 33 heavy (non-hydrogen) atoms. The zero-order chi connectivity index (χ0) is 23.1. The van der Waals surface area contributed by atoms with Gasteiger partial charge in [-0.05, 0) is 37.8 Å². The number of hydrogen-bond acceptors (Lipinski definition) is 9. The maximum absolute atomic E-state index is 13.6. The van der Waals surface area contributed by atoms with Gasteiger partial charge in [-0.2, -0.15) is 10.1 Å². The first-order valence-corrected chi connectivity index (χ1v) is 10.3. The van der Waals surface area contributed by atoms with Crippen LogP contribution < -0.4 is 16.6 Å². The van der Waals surface area contributed by atoms with Gasteiger partial charge in [-0.15, -0.1) is 0 Å². The number of nitrogen functional groups attached to an aromatic ring is 1. The van der Waals surface area contributed by atoms with Gasteiger partial charge in [-0.25, -0.2) is 9.97 Å². The third-order valence-electron chi connectivity index (χ3n) is 5.41. The van der Waals surface area contributed by atoms with Crippen molar-refractivity contribution in [3.8, 4) is 17.3 Å². The van der Waals surface area contributed by atoms with Gasteiger partial charge in [0, 0.05) is 12.3 Å². The monoisotopic (exact) mass is 443 g/mol. The van der Waals surface area contributed by atoms with Gasteiger partial charge in [0.2, 0.25) is 0 Å². The molecule has 0 fully saturated rings. The Morgan fingerprint density at radius 1 is 1.21 bits per heavy atom. The second-order valence-corrected chi connectivity index (χ2v) is 7.68. The standard InChI is InChI=1S/C22H21N9O2/c1-11-5-4-6-14-9-15(31(22(32)17(11)14)16-7-8-26-29-16)12(2)27-20-18(19(23)24-10-25-20)21-28-13(3)30-33-21/h4-10,12H,1-3H3,(H,26,29)(H3,23,24,25,27). The molecule has 0 aliphatic heterocycles. The summed E-state index contributed by atoms with van der Waals surface area (Å²) >= 11 is 0. The molecule has 0 radical (unpaired) electrons. The van der Waals surface area contributed by atoms with Crippen LogP contribution in [0.4, 0.5) is 11.6 Å². The first-order chi connectivity index (χ1) is 15.9. The zero-order valence-corrected chi connectivity index (χ0v) is 18.2. The predicted molar refractivity (Wildman–Crippen MR) is 123 cm³/mol. The summed E-state index contributed by atoms with van der Waals surface area (Å²) in [6, 6.07) is 9.11. The Morgan fingerprint density at radius 2 is 2.06 bits per heavy atom. The average Bonchev–Trinajstić information content (AvgIpc) is 3.45. The number of H-pyrrole nitrogens is 1. The molecule has 5 aromatic rings. The van der Waals surface area contributed by atoms with Crippen LogP contribution in [0.2, 0.25) is 0 Å². The number of fused-ring (bicyclic) bond motifs is 1. The van der Waals surface area contributed by atoms with Crippen molar-refractivity contribution >= 4 is 22.4 Å². The molecule has 0 bridgehead atoms. The molecule has 1 aromatic carbocycles. The van der Waals surface area contributed by atoms with E-state index in [4.69, 9.17) is 10.3 Å². The summed E-state index contributed by atoms with van der Waals surface area (Å²) in [5.74, 6) is 1.76. The van der Waals surface area contributed by atoms with Crippen LogP contribution in [0.1, 0.15) is 30.0 Å². The number of anilines is 2. The number of aryl methyl sites for hydroxylation is 2. The molecule has 11 nitrogen and oxygen atoms in total. The first-order valence-electron chi connectivity index (χ1n) is 10.3. The number of aromatic amines is 1. The number of aromatic nitrogens is 7. The number of pyridine rings is 1. The van der Waals surface area contributed by atoms with Crippen LogP contribution >= 0.6 is 0 Å². The number of nitrogens with zero attached hydrogens (tertiary/aromatic N) is 6. The minimum absolute atomic E-state index is 0.156. The van der Waals surface area contributed by atoms with Crippen molar-refractivity contribution in [2.75, 3.05) is 11.1 Å². The van der Waals surface area contributed by atoms with Crippen molar-refractivity contribution in [3.63, 3.8) is 0 Å². The topological polar surface area (TPSA) is 153 Å². The summed E-state index contributed by atoms with van der Waals surface area (Å²) in [7, 11) is 0. The molecule has 0 amide bonds. The minimum Gasteiger partial charge on any atom is -0.383 e. The van der Waals surface area contributed by atoms with Crippen molar-refractivity contribution in [1.82, 2.24) is 34.9 Å². The molecule has 4 aromatic heterocycles. The number of nitrogens with two attached hydrogens (primary N) is 1. The second-order valence-electron chi connectivity index (χ2n) is 7.68. The molecule has 0 aliphatic carbocycles. The Kier molecular flexibility index (Phi) is 4.85. The quantitative estimate of drug-likeness (QED) is 0.372. The van der Waals surface area contributed by atoms with Gasteiger partial charge in [0.1, 0.15) is 23.5 Å². The maximum atomic E-state index is 13.6. The third-order valence-corrected chi connectivity index (χ3v) is 5.41. The van der Waals surface area contributed by atoms with Gasteiger partial charge in [0.15, 0.2) is 11.6 Å². The fourth-order valence-corrected chi connectivity index (χ4v) is 3.88. The number of rotatable bonds is 5. The van der Waals surface area contributed by atoms with Crippen molar-refractivity contribution < 1.29 is 4.52 Å². The Morgan fingerprint density at radius 3 is 2.79 bits per heavy atom. The molecule has 4 heterocycles. The lowest BCUT2D eigenvalue weighted by atomic mass is 10.0. The Hall–Kier alpha value is -4.54. The van der Waals surface area contributed by atoms with E-state index >= 15 is 0 Å². The highest BCUT2D eigenvalue weighted by Gasteiger charge is 2.22. The molecule has 5 rings (SSSR count). The van der Waals surface area contributed by atoms with E-state index in [0.29, 0.717) is 34.1 Å². The smallest absolute Gasteiger partial charge is 0.265 e. The number of hydrogen-bond donors (Lipinski definition) is 3. The van der Waals surface area contributed by atoms with Crippen LogP contribution in [-0.4, -0.2) is 34.9 Å². The number of nitrogens with one attached hydrogen (secondary N) is 2. The number of benzene rings is 1. The molecule has 0 saturated carbocycles. The zero-order valence-electron chi connectivity index (χ0n) is 18.2. The van der Waals surface area contributed by atoms with E-state index in [1.54, 1.807) is 23.8 Å². The lowest BCUT2D eigenvalue weighted by Gasteiger charge is -2.21. The highest BCUT2D eigenvalue weighted by atomic mass is 16.5. The molecule has 166 valence electrons. The van der Waals surface area contributed by atoms with Crippen LogP contribution in [0.15, 0.2) is 52.2 Å². The van der Waals surface area contributed by atoms with Crippen LogP contribution in [0.3, 0.4) is 0 Å². The highest BCUT2D eigenvalue weighted by Crippen LogP contribution is 2.32. The Bertz CT molecular complexity index is 1520. The summed E-state index contributed by atoms with van der Waals surface area (Å²) in [6.07, 6.45) is 3.02. The summed E-state index contributed by atoms with van der Waals surface area (Å²) in [4.78, 5) is 26.2. The van der Waals surface area contributed by atoms with E-state index in [9.17, 15) is 4.79 Å². The third kappa shape index (κ3) is 3.49. The van der Waals surface area contributed by atoms with Crippen LogP contribution in [-0.2, 0) is 0 Å². The lowest BCUT2D eigenvalue weighted by molar-refractivity contribution is 0.425. The van der Waals surface area contributed by atoms with E-state index in [-0.39, 0.29) is 23.3 Å². The molecule has 4 N–H and O–H groups in total. The minimum atomic E-state index is -0.378. The molecular formula is C22H21N9O2. The van der Waals surface area contributed by atoms with Crippen LogP contribution in [0.5, 0.6) is 0 Å². The van der Waals surface area contributed by atoms with Crippen molar-refractivity contribution in [2.45, 2.75) is 26.8 Å². The van der Waals surface area contributed by atoms with Crippen molar-refractivity contribution in [3.05, 3.63) is 70.3 Å². The lowest BCUT2D eigenvalue weighted by Crippen LogP contribution is -2.26. The Balaban J connectivity index is 1.66. The van der Waals surface area contributed by atoms with E-state index in [1.165, 1.54) is 6.33 Å². The van der Waals surface area contributed by atoms with Gasteiger partial charge in [-0.1, -0.05) is 23.4 Å². The van der Waals surface area contributed by atoms with E-state index in [1.807, 2.05) is 38.1 Å². The fourth-order valence-electron chi connectivity index (χ4n) is 3.88. The molecule has 0 aliphatic rings. The fraction of sp³-hybridized carbons (Fsp3) is 0.182. The summed E-state index contributed by atoms with van der Waals surface area (Å²) in [5, 5.41) is 15.7. The largest absolute Gasteiger partial charge is 0.383 e. The normalized spacial score (nSPS) is 12.2. The van der Waals surface area contributed by atoms with Crippen LogP contribution in [0, 0.1) is 13.8 Å². The average molecular weight is 443 g/mol. The second kappa shape index (κ2) is 7.86. The molecule has 0 spiro atoms. The summed E-state index contributed by atoms with van der Waals surface area (Å²) < 4.78 is 6.89. The first kappa shape index (κ1) is 20.4.